The van der Waals surface area contributed by atoms with Gasteiger partial charge in [0, 0.05) is 29.7 Å². The van der Waals surface area contributed by atoms with E-state index < -0.39 is 0 Å². The lowest BCUT2D eigenvalue weighted by molar-refractivity contribution is 0.102. The van der Waals surface area contributed by atoms with Crippen LogP contribution in [0.4, 0.5) is 5.69 Å². The van der Waals surface area contributed by atoms with Crippen molar-refractivity contribution in [3.8, 4) is 0 Å². The van der Waals surface area contributed by atoms with Crippen molar-refractivity contribution in [1.29, 1.82) is 0 Å². The van der Waals surface area contributed by atoms with Gasteiger partial charge in [-0.15, -0.1) is 0 Å². The first-order valence-electron chi connectivity index (χ1n) is 11.3. The molecule has 1 N–H and O–H groups in total. The number of para-hydroxylation sites is 1. The highest BCUT2D eigenvalue weighted by molar-refractivity contribution is 6.05. The summed E-state index contributed by atoms with van der Waals surface area (Å²) < 4.78 is 2.21. The molecule has 0 spiro atoms. The summed E-state index contributed by atoms with van der Waals surface area (Å²) in [6.45, 7) is 4.94. The van der Waals surface area contributed by atoms with Gasteiger partial charge < -0.3 is 9.88 Å². The van der Waals surface area contributed by atoms with Gasteiger partial charge in [0.25, 0.3) is 5.91 Å². The first-order valence-corrected chi connectivity index (χ1v) is 11.3. The minimum absolute atomic E-state index is 0.185. The number of anilines is 1. The van der Waals surface area contributed by atoms with E-state index in [1.54, 1.807) is 6.07 Å². The van der Waals surface area contributed by atoms with Crippen LogP contribution in [0.1, 0.15) is 66.8 Å². The Morgan fingerprint density at radius 2 is 1.48 bits per heavy atom. The molecule has 0 fully saturated rings. The van der Waals surface area contributed by atoms with E-state index in [0.29, 0.717) is 18.7 Å². The molecule has 0 aliphatic heterocycles. The number of hydrogen-bond donors (Lipinski definition) is 1. The monoisotopic (exact) mass is 416 g/mol. The van der Waals surface area contributed by atoms with E-state index in [-0.39, 0.29) is 16.9 Å². The molecule has 0 bridgehead atoms. The van der Waals surface area contributed by atoms with E-state index >= 15 is 0 Å². The third-order valence-corrected chi connectivity index (χ3v) is 5.50. The van der Waals surface area contributed by atoms with Crippen LogP contribution < -0.4 is 10.7 Å². The zero-order chi connectivity index (χ0) is 22.1. The molecule has 2 aromatic carbocycles. The molecule has 0 radical (unpaired) electrons. The second kappa shape index (κ2) is 11.3. The van der Waals surface area contributed by atoms with Crippen LogP contribution in [0.2, 0.25) is 0 Å². The normalized spacial score (nSPS) is 10.8. The first-order chi connectivity index (χ1) is 15.1. The van der Waals surface area contributed by atoms with Gasteiger partial charge in [-0.1, -0.05) is 75.2 Å². The van der Waals surface area contributed by atoms with Crippen molar-refractivity contribution < 1.29 is 4.79 Å². The van der Waals surface area contributed by atoms with E-state index in [0.717, 1.165) is 49.1 Å². The molecule has 4 nitrogen and oxygen atoms in total. The molecular weight excluding hydrogens is 384 g/mol. The van der Waals surface area contributed by atoms with Gasteiger partial charge in [-0.05, 0) is 43.4 Å². The number of carbonyl (C=O) groups excluding carboxylic acids is 1. The summed E-state index contributed by atoms with van der Waals surface area (Å²) in [5.41, 5.74) is 3.80. The maximum atomic E-state index is 13.2. The van der Waals surface area contributed by atoms with E-state index in [1.165, 1.54) is 0 Å². The number of hydrogen-bond acceptors (Lipinski definition) is 2. The summed E-state index contributed by atoms with van der Waals surface area (Å²) in [6, 6.07) is 21.2. The van der Waals surface area contributed by atoms with Crippen LogP contribution in [0.3, 0.4) is 0 Å². The van der Waals surface area contributed by atoms with E-state index in [1.807, 2.05) is 48.5 Å². The summed E-state index contributed by atoms with van der Waals surface area (Å²) in [6.07, 6.45) is 5.53. The average Bonchev–Trinajstić information content (AvgIpc) is 2.79. The van der Waals surface area contributed by atoms with E-state index in [4.69, 9.17) is 0 Å². The number of nitrogens with zero attached hydrogens (tertiary/aromatic N) is 1. The highest BCUT2D eigenvalue weighted by Crippen LogP contribution is 2.19. The standard InChI is InChI=1S/C27H32N2O2/c1-3-5-17-23-19-25(30)26(27(31)28-22-15-11-8-12-16-22)24(18-6-4-2)29(23)20-21-13-9-7-10-14-21/h7-16,19H,3-6,17-18,20H2,1-2H3,(H,28,31). The van der Waals surface area contributed by atoms with Crippen LogP contribution in [0.5, 0.6) is 0 Å². The molecule has 1 amide bonds. The minimum Gasteiger partial charge on any atom is -0.343 e. The van der Waals surface area contributed by atoms with Crippen LogP contribution in [0.25, 0.3) is 0 Å². The van der Waals surface area contributed by atoms with Gasteiger partial charge in [-0.3, -0.25) is 9.59 Å². The molecule has 4 heteroatoms. The quantitative estimate of drug-likeness (QED) is 0.452. The molecular formula is C27H32N2O2. The molecule has 0 unspecified atom stereocenters. The topological polar surface area (TPSA) is 51.1 Å². The Labute approximate surface area is 184 Å². The summed E-state index contributed by atoms with van der Waals surface area (Å²) in [7, 11) is 0. The lowest BCUT2D eigenvalue weighted by atomic mass is 10.0. The number of unbranched alkanes of at least 4 members (excludes halogenated alkanes) is 2. The first kappa shape index (κ1) is 22.5. The Hall–Kier alpha value is -3.14. The molecule has 0 saturated heterocycles. The number of aromatic nitrogens is 1. The highest BCUT2D eigenvalue weighted by atomic mass is 16.2. The maximum Gasteiger partial charge on any atom is 0.261 e. The molecule has 31 heavy (non-hydrogen) atoms. The fourth-order valence-electron chi connectivity index (χ4n) is 3.84. The molecule has 0 aliphatic carbocycles. The van der Waals surface area contributed by atoms with Crippen molar-refractivity contribution in [2.75, 3.05) is 5.32 Å². The molecule has 162 valence electrons. The maximum absolute atomic E-state index is 13.2. The number of rotatable bonds is 10. The Kier molecular flexibility index (Phi) is 8.22. The zero-order valence-electron chi connectivity index (χ0n) is 18.6. The predicted octanol–water partition coefficient (Wildman–Crippen LogP) is 5.83. The van der Waals surface area contributed by atoms with Crippen molar-refractivity contribution in [3.05, 3.63) is 99.5 Å². The number of carbonyl (C=O) groups is 1. The van der Waals surface area contributed by atoms with Gasteiger partial charge in [-0.25, -0.2) is 0 Å². The Morgan fingerprint density at radius 3 is 2.13 bits per heavy atom. The van der Waals surface area contributed by atoms with Gasteiger partial charge in [-0.2, -0.15) is 0 Å². The molecule has 1 heterocycles. The van der Waals surface area contributed by atoms with Crippen LogP contribution in [0, 0.1) is 0 Å². The average molecular weight is 417 g/mol. The molecule has 0 aliphatic rings. The van der Waals surface area contributed by atoms with Gasteiger partial charge in [0.05, 0.1) is 0 Å². The van der Waals surface area contributed by atoms with Crippen molar-refractivity contribution in [2.24, 2.45) is 0 Å². The van der Waals surface area contributed by atoms with Crippen molar-refractivity contribution in [3.63, 3.8) is 0 Å². The molecule has 0 atom stereocenters. The van der Waals surface area contributed by atoms with Crippen LogP contribution in [0.15, 0.2) is 71.5 Å². The van der Waals surface area contributed by atoms with E-state index in [2.05, 4.69) is 35.9 Å². The van der Waals surface area contributed by atoms with Crippen LogP contribution in [-0.4, -0.2) is 10.5 Å². The summed E-state index contributed by atoms with van der Waals surface area (Å²) in [5.74, 6) is -0.328. The lowest BCUT2D eigenvalue weighted by Gasteiger charge is -2.22. The zero-order valence-corrected chi connectivity index (χ0v) is 18.6. The summed E-state index contributed by atoms with van der Waals surface area (Å²) >= 11 is 0. The summed E-state index contributed by atoms with van der Waals surface area (Å²) in [4.78, 5) is 26.4. The number of aryl methyl sites for hydroxylation is 1. The third kappa shape index (κ3) is 5.94. The fraction of sp³-hybridized carbons (Fsp3) is 0.333. The van der Waals surface area contributed by atoms with Crippen molar-refractivity contribution in [1.82, 2.24) is 4.57 Å². The number of nitrogens with one attached hydrogen (secondary N) is 1. The van der Waals surface area contributed by atoms with Crippen LogP contribution in [-0.2, 0) is 19.4 Å². The van der Waals surface area contributed by atoms with Crippen molar-refractivity contribution >= 4 is 11.6 Å². The van der Waals surface area contributed by atoms with Crippen molar-refractivity contribution in [2.45, 2.75) is 58.9 Å². The molecule has 3 rings (SSSR count). The number of pyridine rings is 1. The molecule has 3 aromatic rings. The Balaban J connectivity index is 2.10. The molecule has 1 aromatic heterocycles. The lowest BCUT2D eigenvalue weighted by Crippen LogP contribution is -2.29. The highest BCUT2D eigenvalue weighted by Gasteiger charge is 2.21. The number of amides is 1. The third-order valence-electron chi connectivity index (χ3n) is 5.50. The molecule has 0 saturated carbocycles. The Bertz CT molecular complexity index is 1040. The SMILES string of the molecule is CCCCc1cc(=O)c(C(=O)Nc2ccccc2)c(CCCC)n1Cc1ccccc1. The van der Waals surface area contributed by atoms with E-state index in [9.17, 15) is 9.59 Å². The van der Waals surface area contributed by atoms with Gasteiger partial charge in [0.15, 0.2) is 5.43 Å². The fourth-order valence-corrected chi connectivity index (χ4v) is 3.84. The predicted molar refractivity (Wildman–Crippen MR) is 128 cm³/mol. The van der Waals surface area contributed by atoms with Gasteiger partial charge in [0.2, 0.25) is 0 Å². The summed E-state index contributed by atoms with van der Waals surface area (Å²) in [5, 5.41) is 2.92. The smallest absolute Gasteiger partial charge is 0.261 e. The second-order valence-corrected chi connectivity index (χ2v) is 7.92. The van der Waals surface area contributed by atoms with Gasteiger partial charge >= 0.3 is 0 Å². The largest absolute Gasteiger partial charge is 0.343 e. The van der Waals surface area contributed by atoms with Gasteiger partial charge in [0.1, 0.15) is 5.56 Å². The number of benzene rings is 2. The van der Waals surface area contributed by atoms with Crippen LogP contribution >= 0.6 is 0 Å². The minimum atomic E-state index is -0.328. The Morgan fingerprint density at radius 1 is 0.871 bits per heavy atom. The second-order valence-electron chi connectivity index (χ2n) is 7.92.